The molecule has 2 amide bonds. The molecule has 2 aromatic rings. The van der Waals surface area contributed by atoms with E-state index in [9.17, 15) is 29.2 Å². The monoisotopic (exact) mass is 330 g/mol. The fourth-order valence-electron chi connectivity index (χ4n) is 2.63. The molecule has 3 rings (SSSR count). The lowest BCUT2D eigenvalue weighted by Gasteiger charge is -2.18. The highest BCUT2D eigenvalue weighted by Gasteiger charge is 2.41. The van der Waals surface area contributed by atoms with Crippen LogP contribution in [0.2, 0.25) is 0 Å². The second-order valence-corrected chi connectivity index (χ2v) is 5.25. The third-order valence-electron chi connectivity index (χ3n) is 3.76. The smallest absolute Gasteiger partial charge is 0.282 e. The predicted molar refractivity (Wildman–Crippen MR) is 79.8 cm³/mol. The van der Waals surface area contributed by atoms with Gasteiger partial charge in [0, 0.05) is 6.07 Å². The van der Waals surface area contributed by atoms with Gasteiger partial charge in [-0.15, -0.1) is 0 Å². The number of carbonyl (C=O) groups excluding carboxylic acids is 2. The van der Waals surface area contributed by atoms with Crippen LogP contribution in [-0.2, 0) is 0 Å². The highest BCUT2D eigenvalue weighted by atomic mass is 19.1. The maximum atomic E-state index is 13.2. The van der Waals surface area contributed by atoms with Gasteiger partial charge in [0.05, 0.1) is 23.1 Å². The van der Waals surface area contributed by atoms with Crippen molar-refractivity contribution >= 4 is 17.5 Å². The number of halogens is 1. The number of hydrogen-bond donors (Lipinski definition) is 1. The van der Waals surface area contributed by atoms with Gasteiger partial charge in [0.1, 0.15) is 11.4 Å². The van der Waals surface area contributed by atoms with E-state index in [2.05, 4.69) is 0 Å². The van der Waals surface area contributed by atoms with Crippen LogP contribution in [0.3, 0.4) is 0 Å². The Morgan fingerprint density at radius 1 is 1.17 bits per heavy atom. The number of benzene rings is 2. The summed E-state index contributed by atoms with van der Waals surface area (Å²) in [6.07, 6.45) is -1.30. The van der Waals surface area contributed by atoms with Gasteiger partial charge in [-0.05, 0) is 23.8 Å². The summed E-state index contributed by atoms with van der Waals surface area (Å²) in [5.74, 6) is -2.14. The first kappa shape index (κ1) is 15.8. The number of β-amino-alcohol motifs (C(OH)–C–C–N with tert-alkyl or cyclic N) is 1. The van der Waals surface area contributed by atoms with Crippen molar-refractivity contribution in [3.8, 4) is 0 Å². The second-order valence-electron chi connectivity index (χ2n) is 5.25. The zero-order valence-corrected chi connectivity index (χ0v) is 12.2. The number of rotatable bonds is 4. The van der Waals surface area contributed by atoms with Gasteiger partial charge in [-0.3, -0.25) is 24.6 Å². The molecule has 0 fully saturated rings. The molecule has 0 saturated carbocycles. The quantitative estimate of drug-likeness (QED) is 0.525. The number of hydrogen-bond acceptors (Lipinski definition) is 5. The van der Waals surface area contributed by atoms with Crippen molar-refractivity contribution in [3.05, 3.63) is 75.1 Å². The van der Waals surface area contributed by atoms with E-state index in [1.54, 1.807) is 0 Å². The molecule has 0 aromatic heterocycles. The van der Waals surface area contributed by atoms with E-state index < -0.39 is 40.9 Å². The highest BCUT2D eigenvalue weighted by molar-refractivity contribution is 6.23. The first-order valence-electron chi connectivity index (χ1n) is 6.97. The number of aliphatic hydroxyl groups is 1. The molecule has 0 aliphatic carbocycles. The normalized spacial score (nSPS) is 14.7. The van der Waals surface area contributed by atoms with E-state index in [4.69, 9.17) is 0 Å². The average Bonchev–Trinajstić information content (AvgIpc) is 2.80. The lowest BCUT2D eigenvalue weighted by molar-refractivity contribution is -0.385. The third kappa shape index (κ3) is 2.52. The SMILES string of the molecule is O=C1c2cccc([N+](=O)[O-])c2C(=O)N1CC(O)c1cccc(F)c1. The Labute approximate surface area is 135 Å². The van der Waals surface area contributed by atoms with Crippen LogP contribution in [0.15, 0.2) is 42.5 Å². The molecule has 0 spiro atoms. The zero-order chi connectivity index (χ0) is 17.4. The van der Waals surface area contributed by atoms with E-state index in [-0.39, 0.29) is 16.7 Å². The van der Waals surface area contributed by atoms with Crippen molar-refractivity contribution in [3.63, 3.8) is 0 Å². The lowest BCUT2D eigenvalue weighted by Crippen LogP contribution is -2.34. The van der Waals surface area contributed by atoms with E-state index in [0.29, 0.717) is 0 Å². The van der Waals surface area contributed by atoms with Gasteiger partial charge in [-0.1, -0.05) is 18.2 Å². The Balaban J connectivity index is 1.91. The number of aliphatic hydroxyl groups excluding tert-OH is 1. The Kier molecular flexibility index (Phi) is 3.82. The van der Waals surface area contributed by atoms with Crippen LogP contribution < -0.4 is 0 Å². The number of carbonyl (C=O) groups is 2. The molecule has 2 aromatic carbocycles. The van der Waals surface area contributed by atoms with Gasteiger partial charge in [0.15, 0.2) is 0 Å². The molecule has 8 heteroatoms. The van der Waals surface area contributed by atoms with Crippen molar-refractivity contribution in [1.29, 1.82) is 0 Å². The largest absolute Gasteiger partial charge is 0.387 e. The molecule has 1 N–H and O–H groups in total. The van der Waals surface area contributed by atoms with Crippen LogP contribution in [0.5, 0.6) is 0 Å². The third-order valence-corrected chi connectivity index (χ3v) is 3.76. The fraction of sp³-hybridized carbons (Fsp3) is 0.125. The maximum Gasteiger partial charge on any atom is 0.282 e. The molecular formula is C16H11FN2O5. The van der Waals surface area contributed by atoms with Crippen LogP contribution in [0.4, 0.5) is 10.1 Å². The van der Waals surface area contributed by atoms with E-state index in [0.717, 1.165) is 17.0 Å². The van der Waals surface area contributed by atoms with Crippen LogP contribution in [0.25, 0.3) is 0 Å². The number of imide groups is 1. The van der Waals surface area contributed by atoms with Crippen LogP contribution in [0, 0.1) is 15.9 Å². The fourth-order valence-corrected chi connectivity index (χ4v) is 2.63. The molecule has 122 valence electrons. The van der Waals surface area contributed by atoms with Crippen molar-refractivity contribution < 1.29 is 24.0 Å². The average molecular weight is 330 g/mol. The van der Waals surface area contributed by atoms with E-state index >= 15 is 0 Å². The highest BCUT2D eigenvalue weighted by Crippen LogP contribution is 2.31. The lowest BCUT2D eigenvalue weighted by atomic mass is 10.1. The summed E-state index contributed by atoms with van der Waals surface area (Å²) in [6, 6.07) is 8.89. The summed E-state index contributed by atoms with van der Waals surface area (Å²) in [4.78, 5) is 35.7. The van der Waals surface area contributed by atoms with Gasteiger partial charge in [-0.25, -0.2) is 4.39 Å². The van der Waals surface area contributed by atoms with Gasteiger partial charge < -0.3 is 5.11 Å². The molecule has 0 radical (unpaired) electrons. The minimum absolute atomic E-state index is 0.0827. The first-order valence-corrected chi connectivity index (χ1v) is 6.97. The number of amides is 2. The van der Waals surface area contributed by atoms with Gasteiger partial charge in [-0.2, -0.15) is 0 Å². The molecule has 1 unspecified atom stereocenters. The molecule has 1 atom stereocenters. The number of fused-ring (bicyclic) bond motifs is 1. The second kappa shape index (κ2) is 5.82. The van der Waals surface area contributed by atoms with Gasteiger partial charge in [0.25, 0.3) is 17.5 Å². The summed E-state index contributed by atoms with van der Waals surface area (Å²) in [5.41, 5.74) is -0.644. The summed E-state index contributed by atoms with van der Waals surface area (Å²) >= 11 is 0. The Bertz CT molecular complexity index is 867. The van der Waals surface area contributed by atoms with Crippen molar-refractivity contribution in [2.45, 2.75) is 6.10 Å². The molecule has 0 bridgehead atoms. The first-order chi connectivity index (χ1) is 11.4. The van der Waals surface area contributed by atoms with Crippen LogP contribution in [0.1, 0.15) is 32.4 Å². The molecule has 0 saturated heterocycles. The number of nitro groups is 1. The zero-order valence-electron chi connectivity index (χ0n) is 12.2. The van der Waals surface area contributed by atoms with Crippen molar-refractivity contribution in [2.24, 2.45) is 0 Å². The van der Waals surface area contributed by atoms with Crippen molar-refractivity contribution in [1.82, 2.24) is 4.90 Å². The predicted octanol–water partition coefficient (Wildman–Crippen LogP) is 2.06. The molecular weight excluding hydrogens is 319 g/mol. The van der Waals surface area contributed by atoms with Gasteiger partial charge >= 0.3 is 0 Å². The molecule has 7 nitrogen and oxygen atoms in total. The topological polar surface area (TPSA) is 101 Å². The minimum Gasteiger partial charge on any atom is -0.387 e. The molecule has 1 heterocycles. The number of nitrogens with zero attached hydrogens (tertiary/aromatic N) is 2. The van der Waals surface area contributed by atoms with Crippen LogP contribution >= 0.6 is 0 Å². The summed E-state index contributed by atoms with van der Waals surface area (Å²) in [7, 11) is 0. The van der Waals surface area contributed by atoms with Crippen LogP contribution in [-0.4, -0.2) is 33.3 Å². The summed E-state index contributed by atoms with van der Waals surface area (Å²) < 4.78 is 13.2. The molecule has 24 heavy (non-hydrogen) atoms. The Morgan fingerprint density at radius 3 is 2.54 bits per heavy atom. The maximum absolute atomic E-state index is 13.2. The standard InChI is InChI=1S/C16H11FN2O5/c17-10-4-1-3-9(7-10)13(20)8-18-15(21)11-5-2-6-12(19(23)24)14(11)16(18)22/h1-7,13,20H,8H2. The summed E-state index contributed by atoms with van der Waals surface area (Å²) in [5, 5.41) is 21.2. The Hall–Kier alpha value is -3.13. The van der Waals surface area contributed by atoms with E-state index in [1.807, 2.05) is 0 Å². The van der Waals surface area contributed by atoms with Gasteiger partial charge in [0.2, 0.25) is 0 Å². The minimum atomic E-state index is -1.30. The molecule has 1 aliphatic rings. The number of nitro benzene ring substituents is 1. The summed E-state index contributed by atoms with van der Waals surface area (Å²) in [6.45, 7) is -0.424. The van der Waals surface area contributed by atoms with E-state index in [1.165, 1.54) is 30.3 Å². The molecule has 1 aliphatic heterocycles. The van der Waals surface area contributed by atoms with Crippen molar-refractivity contribution in [2.75, 3.05) is 6.54 Å². The Morgan fingerprint density at radius 2 is 1.88 bits per heavy atom.